The van der Waals surface area contributed by atoms with E-state index in [1.165, 1.54) is 5.56 Å². The van der Waals surface area contributed by atoms with Crippen LogP contribution in [-0.4, -0.2) is 60.0 Å². The maximum Gasteiger partial charge on any atom is 0.0969 e. The third-order valence-electron chi connectivity index (χ3n) is 4.29. The zero-order chi connectivity index (χ0) is 15.4. The van der Waals surface area contributed by atoms with Crippen LogP contribution in [-0.2, 0) is 19.5 Å². The molecule has 1 aliphatic rings. The molecule has 0 aliphatic carbocycles. The van der Waals surface area contributed by atoms with Crippen molar-refractivity contribution in [3.05, 3.63) is 30.4 Å². The van der Waals surface area contributed by atoms with E-state index >= 15 is 0 Å². The molecule has 1 unspecified atom stereocenters. The van der Waals surface area contributed by atoms with E-state index in [-0.39, 0.29) is 0 Å². The lowest BCUT2D eigenvalue weighted by molar-refractivity contribution is -0.0452. The smallest absolute Gasteiger partial charge is 0.0969 e. The minimum absolute atomic E-state index is 0.511. The fourth-order valence-corrected chi connectivity index (χ4v) is 3.14. The number of aromatic nitrogens is 5. The van der Waals surface area contributed by atoms with E-state index in [2.05, 4.69) is 33.4 Å². The lowest BCUT2D eigenvalue weighted by Gasteiger charge is -2.39. The second-order valence-corrected chi connectivity index (χ2v) is 6.16. The molecule has 0 spiro atoms. The molecule has 1 fully saturated rings. The van der Waals surface area contributed by atoms with Crippen LogP contribution >= 0.6 is 0 Å². The number of nitrogens with zero attached hydrogens (tertiary/aromatic N) is 6. The predicted octanol–water partition coefficient (Wildman–Crippen LogP) is 0.564. The summed E-state index contributed by atoms with van der Waals surface area (Å²) in [5, 5.41) is 22.9. The van der Waals surface area contributed by atoms with Gasteiger partial charge in [0.2, 0.25) is 0 Å². The highest BCUT2D eigenvalue weighted by Crippen LogP contribution is 2.23. The molecule has 1 N–H and O–H groups in total. The predicted molar refractivity (Wildman–Crippen MR) is 82.3 cm³/mol. The van der Waals surface area contributed by atoms with Crippen LogP contribution in [0.2, 0.25) is 0 Å². The molecular weight excluding hydrogens is 280 g/mol. The van der Waals surface area contributed by atoms with Gasteiger partial charge in [0.1, 0.15) is 0 Å². The van der Waals surface area contributed by atoms with Gasteiger partial charge in [-0.3, -0.25) is 4.68 Å². The second kappa shape index (κ2) is 6.58. The first kappa shape index (κ1) is 15.2. The van der Waals surface area contributed by atoms with E-state index in [9.17, 15) is 5.11 Å². The molecule has 2 aromatic rings. The van der Waals surface area contributed by atoms with Crippen molar-refractivity contribution < 1.29 is 5.11 Å². The number of β-amino-alcohol motifs (C(OH)–C–C–N with tert-alkyl or cyclic N) is 1. The first-order valence-electron chi connectivity index (χ1n) is 7.97. The Balaban J connectivity index is 1.53. The molecule has 2 aromatic heterocycles. The van der Waals surface area contributed by atoms with Crippen LogP contribution in [0.15, 0.2) is 24.8 Å². The Morgan fingerprint density at radius 2 is 2.27 bits per heavy atom. The fraction of sp³-hybridized carbons (Fsp3) is 0.667. The quantitative estimate of drug-likeness (QED) is 0.844. The van der Waals surface area contributed by atoms with Gasteiger partial charge in [-0.25, -0.2) is 4.68 Å². The van der Waals surface area contributed by atoms with Gasteiger partial charge in [-0.05, 0) is 38.3 Å². The van der Waals surface area contributed by atoms with Gasteiger partial charge in [0.15, 0.2) is 0 Å². The van der Waals surface area contributed by atoms with Crippen LogP contribution in [0.3, 0.4) is 0 Å². The normalized spacial score (nSPS) is 23.0. The van der Waals surface area contributed by atoms with Gasteiger partial charge in [-0.2, -0.15) is 5.10 Å². The maximum absolute atomic E-state index is 10.8. The largest absolute Gasteiger partial charge is 0.387 e. The number of hydrogen-bond donors (Lipinski definition) is 1. The molecule has 0 saturated carbocycles. The van der Waals surface area contributed by atoms with Crippen LogP contribution in [0.25, 0.3) is 0 Å². The average molecular weight is 304 g/mol. The summed E-state index contributed by atoms with van der Waals surface area (Å²) < 4.78 is 3.67. The molecule has 120 valence electrons. The molecule has 3 heterocycles. The first-order chi connectivity index (χ1) is 10.7. The molecule has 22 heavy (non-hydrogen) atoms. The molecule has 0 bridgehead atoms. The van der Waals surface area contributed by atoms with Crippen LogP contribution in [0.4, 0.5) is 0 Å². The van der Waals surface area contributed by atoms with Gasteiger partial charge >= 0.3 is 0 Å². The second-order valence-electron chi connectivity index (χ2n) is 6.16. The SMILES string of the molecule is CCn1cc(CCN2CCCC(O)(Cn3ccnn3)C2)cn1. The number of likely N-dealkylation sites (tertiary alicyclic amines) is 1. The minimum atomic E-state index is -0.709. The van der Waals surface area contributed by atoms with Crippen molar-refractivity contribution in [2.45, 2.75) is 44.9 Å². The van der Waals surface area contributed by atoms with Crippen LogP contribution in [0, 0.1) is 0 Å². The van der Waals surface area contributed by atoms with Crippen LogP contribution in [0.5, 0.6) is 0 Å². The topological polar surface area (TPSA) is 72.0 Å². The van der Waals surface area contributed by atoms with Crippen LogP contribution in [0.1, 0.15) is 25.3 Å². The highest BCUT2D eigenvalue weighted by Gasteiger charge is 2.33. The van der Waals surface area contributed by atoms with Gasteiger partial charge in [0.25, 0.3) is 0 Å². The molecule has 1 saturated heterocycles. The molecule has 3 rings (SSSR count). The highest BCUT2D eigenvalue weighted by molar-refractivity contribution is 5.04. The summed E-state index contributed by atoms with van der Waals surface area (Å²) in [6.07, 6.45) is 10.3. The van der Waals surface area contributed by atoms with E-state index < -0.39 is 5.60 Å². The molecule has 7 nitrogen and oxygen atoms in total. The summed E-state index contributed by atoms with van der Waals surface area (Å²) in [6, 6.07) is 0. The van der Waals surface area contributed by atoms with E-state index in [1.807, 2.05) is 10.9 Å². The summed E-state index contributed by atoms with van der Waals surface area (Å²) >= 11 is 0. The van der Waals surface area contributed by atoms with Gasteiger partial charge in [-0.15, -0.1) is 5.10 Å². The summed E-state index contributed by atoms with van der Waals surface area (Å²) in [5.74, 6) is 0. The van der Waals surface area contributed by atoms with Crippen molar-refractivity contribution >= 4 is 0 Å². The van der Waals surface area contributed by atoms with Gasteiger partial charge in [0, 0.05) is 32.0 Å². The number of piperidine rings is 1. The molecule has 0 radical (unpaired) electrons. The van der Waals surface area contributed by atoms with Gasteiger partial charge < -0.3 is 10.0 Å². The summed E-state index contributed by atoms with van der Waals surface area (Å²) in [5.41, 5.74) is 0.548. The van der Waals surface area contributed by atoms with Gasteiger partial charge in [-0.1, -0.05) is 5.21 Å². The van der Waals surface area contributed by atoms with Crippen molar-refractivity contribution in [2.24, 2.45) is 0 Å². The molecule has 7 heteroatoms. The van der Waals surface area contributed by atoms with Crippen molar-refractivity contribution in [1.82, 2.24) is 29.7 Å². The van der Waals surface area contributed by atoms with Crippen LogP contribution < -0.4 is 0 Å². The Bertz CT molecular complexity index is 581. The summed E-state index contributed by atoms with van der Waals surface area (Å²) in [6.45, 7) is 6.19. The highest BCUT2D eigenvalue weighted by atomic mass is 16.3. The van der Waals surface area contributed by atoms with Crippen molar-refractivity contribution in [2.75, 3.05) is 19.6 Å². The fourth-order valence-electron chi connectivity index (χ4n) is 3.14. The molecule has 0 amide bonds. The summed E-state index contributed by atoms with van der Waals surface area (Å²) in [7, 11) is 0. The lowest BCUT2D eigenvalue weighted by atomic mass is 9.92. The van der Waals surface area contributed by atoms with E-state index in [4.69, 9.17) is 0 Å². The maximum atomic E-state index is 10.8. The van der Waals surface area contributed by atoms with Crippen molar-refractivity contribution in [3.63, 3.8) is 0 Å². The van der Waals surface area contributed by atoms with Gasteiger partial charge in [0.05, 0.1) is 24.5 Å². The van der Waals surface area contributed by atoms with E-state index in [0.29, 0.717) is 13.1 Å². The average Bonchev–Trinajstić information content (AvgIpc) is 3.16. The Hall–Kier alpha value is -1.73. The Morgan fingerprint density at radius 1 is 1.36 bits per heavy atom. The monoisotopic (exact) mass is 304 g/mol. The Kier molecular flexibility index (Phi) is 4.54. The van der Waals surface area contributed by atoms with Crippen molar-refractivity contribution in [3.8, 4) is 0 Å². The molecule has 1 aliphatic heterocycles. The number of hydrogen-bond acceptors (Lipinski definition) is 5. The summed E-state index contributed by atoms with van der Waals surface area (Å²) in [4.78, 5) is 2.34. The van der Waals surface area contributed by atoms with Crippen molar-refractivity contribution in [1.29, 1.82) is 0 Å². The third kappa shape index (κ3) is 3.72. The molecule has 1 atom stereocenters. The Labute approximate surface area is 130 Å². The minimum Gasteiger partial charge on any atom is -0.387 e. The number of rotatable bonds is 6. The lowest BCUT2D eigenvalue weighted by Crippen LogP contribution is -2.51. The number of aryl methyl sites for hydroxylation is 1. The van der Waals surface area contributed by atoms with E-state index in [0.717, 1.165) is 38.9 Å². The zero-order valence-corrected chi connectivity index (χ0v) is 13.1. The zero-order valence-electron chi connectivity index (χ0n) is 13.1. The third-order valence-corrected chi connectivity index (χ3v) is 4.29. The number of aliphatic hydroxyl groups is 1. The standard InChI is InChI=1S/C15H24N6O/c1-2-20-11-14(10-17-20)4-8-19-7-3-5-15(22,12-19)13-21-9-6-16-18-21/h6,9-11,22H,2-5,7-8,12-13H2,1H3. The molecule has 0 aromatic carbocycles. The molecular formula is C15H24N6O. The Morgan fingerprint density at radius 3 is 3.00 bits per heavy atom. The first-order valence-corrected chi connectivity index (χ1v) is 7.97. The van der Waals surface area contributed by atoms with E-state index in [1.54, 1.807) is 17.1 Å².